The molecule has 146 valence electrons. The second-order valence-electron chi connectivity index (χ2n) is 7.56. The molecule has 0 bridgehead atoms. The molecule has 1 aromatic carbocycles. The van der Waals surface area contributed by atoms with E-state index in [0.29, 0.717) is 6.04 Å². The van der Waals surface area contributed by atoms with Crippen molar-refractivity contribution in [3.05, 3.63) is 84.7 Å². The van der Waals surface area contributed by atoms with Crippen LogP contribution in [-0.2, 0) is 6.54 Å². The van der Waals surface area contributed by atoms with E-state index >= 15 is 0 Å². The number of likely N-dealkylation sites (tertiary alicyclic amines) is 1. The Hall–Kier alpha value is -3.18. The minimum Gasteiger partial charge on any atom is -0.497 e. The zero-order chi connectivity index (χ0) is 19.6. The number of imidazole rings is 1. The Kier molecular flexibility index (Phi) is 4.74. The summed E-state index contributed by atoms with van der Waals surface area (Å²) in [5.74, 6) is 0.911. The summed E-state index contributed by atoms with van der Waals surface area (Å²) in [7, 11) is 1.72. The summed E-state index contributed by atoms with van der Waals surface area (Å²) in [6.45, 7) is 2.00. The predicted molar refractivity (Wildman–Crippen MR) is 114 cm³/mol. The predicted octanol–water partition coefficient (Wildman–Crippen LogP) is 4.74. The van der Waals surface area contributed by atoms with Crippen molar-refractivity contribution in [3.63, 3.8) is 0 Å². The minimum atomic E-state index is 0.343. The zero-order valence-electron chi connectivity index (χ0n) is 16.5. The molecule has 29 heavy (non-hydrogen) atoms. The Balaban J connectivity index is 1.43. The molecule has 5 nitrogen and oxygen atoms in total. The maximum absolute atomic E-state index is 5.39. The second kappa shape index (κ2) is 7.68. The number of rotatable bonds is 5. The largest absolute Gasteiger partial charge is 0.497 e. The molecule has 0 spiro atoms. The quantitative estimate of drug-likeness (QED) is 0.498. The molecule has 5 rings (SSSR count). The van der Waals surface area contributed by atoms with Gasteiger partial charge in [0.05, 0.1) is 30.7 Å². The van der Waals surface area contributed by atoms with Crippen molar-refractivity contribution in [1.82, 2.24) is 19.3 Å². The number of fused-ring (bicyclic) bond motifs is 1. The van der Waals surface area contributed by atoms with Crippen molar-refractivity contribution in [2.24, 2.45) is 0 Å². The van der Waals surface area contributed by atoms with Crippen LogP contribution in [0.2, 0.25) is 0 Å². The summed E-state index contributed by atoms with van der Waals surface area (Å²) in [6, 6.07) is 17.1. The summed E-state index contributed by atoms with van der Waals surface area (Å²) in [5.41, 5.74) is 5.89. The van der Waals surface area contributed by atoms with Gasteiger partial charge in [-0.3, -0.25) is 9.88 Å². The first-order chi connectivity index (χ1) is 14.3. The fourth-order valence-corrected chi connectivity index (χ4v) is 4.31. The van der Waals surface area contributed by atoms with Crippen LogP contribution in [0.3, 0.4) is 0 Å². The number of nitrogens with zero attached hydrogens (tertiary/aromatic N) is 4. The molecule has 1 aliphatic rings. The average molecular weight is 384 g/mol. The van der Waals surface area contributed by atoms with Crippen molar-refractivity contribution < 1.29 is 4.74 Å². The number of hydrogen-bond donors (Lipinski definition) is 0. The van der Waals surface area contributed by atoms with Crippen LogP contribution in [0.15, 0.2) is 73.4 Å². The Labute approximate surface area is 170 Å². The van der Waals surface area contributed by atoms with Gasteiger partial charge in [0, 0.05) is 30.7 Å². The van der Waals surface area contributed by atoms with Crippen LogP contribution in [0.5, 0.6) is 5.75 Å². The fourth-order valence-electron chi connectivity index (χ4n) is 4.31. The zero-order valence-corrected chi connectivity index (χ0v) is 16.5. The number of methoxy groups -OCH3 is 1. The molecule has 1 aliphatic heterocycles. The summed E-state index contributed by atoms with van der Waals surface area (Å²) in [6.07, 6.45) is 10.1. The monoisotopic (exact) mass is 384 g/mol. The van der Waals surface area contributed by atoms with Gasteiger partial charge < -0.3 is 9.14 Å². The van der Waals surface area contributed by atoms with Crippen LogP contribution in [0.4, 0.5) is 0 Å². The highest BCUT2D eigenvalue weighted by molar-refractivity contribution is 5.66. The highest BCUT2D eigenvalue weighted by atomic mass is 16.5. The van der Waals surface area contributed by atoms with Gasteiger partial charge in [-0.2, -0.15) is 0 Å². The molecular formula is C24H24N4O. The summed E-state index contributed by atoms with van der Waals surface area (Å²) in [4.78, 5) is 11.6. The van der Waals surface area contributed by atoms with Crippen LogP contribution < -0.4 is 4.74 Å². The number of aromatic nitrogens is 3. The molecule has 0 radical (unpaired) electrons. The molecule has 1 atom stereocenters. The Morgan fingerprint density at radius 3 is 2.93 bits per heavy atom. The normalized spacial score (nSPS) is 17.1. The van der Waals surface area contributed by atoms with Gasteiger partial charge in [0.15, 0.2) is 0 Å². The Bertz CT molecular complexity index is 1120. The van der Waals surface area contributed by atoms with E-state index in [1.54, 1.807) is 13.3 Å². The van der Waals surface area contributed by atoms with Crippen molar-refractivity contribution >= 4 is 5.52 Å². The van der Waals surface area contributed by atoms with Crippen LogP contribution in [0.25, 0.3) is 16.6 Å². The molecule has 4 heterocycles. The molecular weight excluding hydrogens is 360 g/mol. The maximum atomic E-state index is 5.39. The van der Waals surface area contributed by atoms with Crippen molar-refractivity contribution in [3.8, 4) is 16.9 Å². The Morgan fingerprint density at radius 1 is 1.10 bits per heavy atom. The van der Waals surface area contributed by atoms with E-state index in [9.17, 15) is 0 Å². The number of ether oxygens (including phenoxy) is 1. The Morgan fingerprint density at radius 2 is 2.07 bits per heavy atom. The van der Waals surface area contributed by atoms with Crippen LogP contribution in [0.1, 0.15) is 30.1 Å². The molecule has 1 fully saturated rings. The lowest BCUT2D eigenvalue weighted by Crippen LogP contribution is -2.23. The first-order valence-electron chi connectivity index (χ1n) is 10.1. The lowest BCUT2D eigenvalue weighted by atomic mass is 10.1. The van der Waals surface area contributed by atoms with Gasteiger partial charge in [0.1, 0.15) is 5.75 Å². The van der Waals surface area contributed by atoms with Crippen molar-refractivity contribution in [2.45, 2.75) is 25.4 Å². The summed E-state index contributed by atoms with van der Waals surface area (Å²) < 4.78 is 7.52. The third-order valence-electron chi connectivity index (χ3n) is 5.75. The highest BCUT2D eigenvalue weighted by Crippen LogP contribution is 2.35. The summed E-state index contributed by atoms with van der Waals surface area (Å²) >= 11 is 0. The van der Waals surface area contributed by atoms with Crippen LogP contribution >= 0.6 is 0 Å². The molecule has 5 heteroatoms. The number of hydrogen-bond acceptors (Lipinski definition) is 4. The molecule has 0 N–H and O–H groups in total. The van der Waals surface area contributed by atoms with Gasteiger partial charge in [0.2, 0.25) is 0 Å². The van der Waals surface area contributed by atoms with E-state index in [2.05, 4.69) is 56.9 Å². The van der Waals surface area contributed by atoms with E-state index in [-0.39, 0.29) is 0 Å². The van der Waals surface area contributed by atoms with Crippen molar-refractivity contribution in [1.29, 1.82) is 0 Å². The third-order valence-corrected chi connectivity index (χ3v) is 5.75. The van der Waals surface area contributed by atoms with Crippen molar-refractivity contribution in [2.75, 3.05) is 13.7 Å². The van der Waals surface area contributed by atoms with Gasteiger partial charge in [-0.15, -0.1) is 0 Å². The molecule has 4 aromatic rings. The molecule has 3 aromatic heterocycles. The second-order valence-corrected chi connectivity index (χ2v) is 7.56. The topological polar surface area (TPSA) is 42.7 Å². The molecule has 0 unspecified atom stereocenters. The van der Waals surface area contributed by atoms with E-state index in [0.717, 1.165) is 36.4 Å². The van der Waals surface area contributed by atoms with Gasteiger partial charge >= 0.3 is 0 Å². The lowest BCUT2D eigenvalue weighted by molar-refractivity contribution is 0.246. The minimum absolute atomic E-state index is 0.343. The first kappa shape index (κ1) is 17.9. The first-order valence-corrected chi connectivity index (χ1v) is 10.1. The van der Waals surface area contributed by atoms with E-state index in [1.807, 2.05) is 24.7 Å². The van der Waals surface area contributed by atoms with Gasteiger partial charge in [-0.05, 0) is 54.8 Å². The fraction of sp³-hybridized carbons (Fsp3) is 0.250. The molecule has 0 aliphatic carbocycles. The van der Waals surface area contributed by atoms with E-state index in [1.165, 1.54) is 23.2 Å². The number of benzene rings is 1. The summed E-state index contributed by atoms with van der Waals surface area (Å²) in [5, 5.41) is 0. The number of pyridine rings is 2. The van der Waals surface area contributed by atoms with Gasteiger partial charge in [0.25, 0.3) is 0 Å². The van der Waals surface area contributed by atoms with Crippen LogP contribution in [-0.4, -0.2) is 32.9 Å². The van der Waals surface area contributed by atoms with Crippen LogP contribution in [0, 0.1) is 0 Å². The highest BCUT2D eigenvalue weighted by Gasteiger charge is 2.29. The third kappa shape index (κ3) is 3.49. The van der Waals surface area contributed by atoms with E-state index < -0.39 is 0 Å². The standard InChI is InChI=1S/C24H24N4O/c1-29-21-7-2-5-18(13-21)15-27-12-4-8-22(27)24-23-10-9-20(16-28(23)17-26-24)19-6-3-11-25-14-19/h2-3,5-7,9-11,13-14,16-17,22H,4,8,12,15H2,1H3/t22-/m1/s1. The SMILES string of the molecule is COc1cccc(CN2CCC[C@@H]2c2ncn3cc(-c4cccnc4)ccc23)c1. The van der Waals surface area contributed by atoms with Gasteiger partial charge in [-0.25, -0.2) is 4.98 Å². The molecule has 1 saturated heterocycles. The molecule has 0 amide bonds. The average Bonchev–Trinajstić information content (AvgIpc) is 3.40. The molecule has 0 saturated carbocycles. The maximum Gasteiger partial charge on any atom is 0.119 e. The lowest BCUT2D eigenvalue weighted by Gasteiger charge is -2.23. The van der Waals surface area contributed by atoms with E-state index in [4.69, 9.17) is 9.72 Å². The van der Waals surface area contributed by atoms with Gasteiger partial charge in [-0.1, -0.05) is 24.3 Å². The smallest absolute Gasteiger partial charge is 0.119 e.